The summed E-state index contributed by atoms with van der Waals surface area (Å²) in [7, 11) is 0. The van der Waals surface area contributed by atoms with Crippen molar-refractivity contribution in [1.29, 1.82) is 0 Å². The summed E-state index contributed by atoms with van der Waals surface area (Å²) in [5, 5.41) is 14.1. The number of carbonyl (C=O) groups is 4. The van der Waals surface area contributed by atoms with Gasteiger partial charge in [-0.15, -0.1) is 0 Å². The molecule has 1 aliphatic heterocycles. The molecule has 0 saturated carbocycles. The van der Waals surface area contributed by atoms with E-state index in [1.807, 2.05) is 38.1 Å². The third-order valence-corrected chi connectivity index (χ3v) is 6.56. The number of thioether (sulfide) groups is 1. The predicted molar refractivity (Wildman–Crippen MR) is 138 cm³/mol. The number of esters is 1. The minimum absolute atomic E-state index is 0.0122. The Balaban J connectivity index is 1.65. The van der Waals surface area contributed by atoms with Crippen LogP contribution in [-0.2, 0) is 14.3 Å². The molecule has 37 heavy (non-hydrogen) atoms. The van der Waals surface area contributed by atoms with Gasteiger partial charge in [-0.3, -0.25) is 9.59 Å². The van der Waals surface area contributed by atoms with Crippen LogP contribution in [0.5, 0.6) is 0 Å². The first-order chi connectivity index (χ1) is 17.8. The second-order valence-corrected chi connectivity index (χ2v) is 9.32. The molecule has 0 aliphatic carbocycles. The van der Waals surface area contributed by atoms with Gasteiger partial charge in [0.2, 0.25) is 0 Å². The number of ether oxygens (including phenoxy) is 1. The van der Waals surface area contributed by atoms with E-state index in [2.05, 4.69) is 5.32 Å². The fourth-order valence-electron chi connectivity index (χ4n) is 3.53. The highest BCUT2D eigenvalue weighted by molar-refractivity contribution is 8.04. The number of carbonyl (C=O) groups excluding carboxylic acids is 4. The first-order valence-corrected chi connectivity index (χ1v) is 12.3. The zero-order valence-electron chi connectivity index (χ0n) is 20.1. The predicted octanol–water partition coefficient (Wildman–Crippen LogP) is 3.91. The fraction of sp³-hybridized carbons (Fsp3) is 0.143. The zero-order valence-corrected chi connectivity index (χ0v) is 21.0. The Hall–Kier alpha value is -4.37. The van der Waals surface area contributed by atoms with Crippen molar-refractivity contribution in [2.24, 2.45) is 0 Å². The fourth-order valence-corrected chi connectivity index (χ4v) is 4.46. The van der Waals surface area contributed by atoms with Crippen LogP contribution < -0.4 is 15.3 Å². The summed E-state index contributed by atoms with van der Waals surface area (Å²) in [4.78, 5) is 52.2. The molecule has 9 heteroatoms. The summed E-state index contributed by atoms with van der Waals surface area (Å²) < 4.78 is 5.13. The largest absolute Gasteiger partial charge is 0.545 e. The molecular weight excluding hydrogens is 492 g/mol. The highest BCUT2D eigenvalue weighted by Gasteiger charge is 2.40. The second kappa shape index (κ2) is 11.1. The van der Waals surface area contributed by atoms with Crippen LogP contribution in [0.4, 0.5) is 11.4 Å². The van der Waals surface area contributed by atoms with Crippen LogP contribution in [0.3, 0.4) is 0 Å². The molecule has 188 valence electrons. The molecule has 4 rings (SSSR count). The molecule has 3 aromatic carbocycles. The number of aryl methyl sites for hydroxylation is 1. The summed E-state index contributed by atoms with van der Waals surface area (Å²) in [5.74, 6) is -2.90. The maximum Gasteiger partial charge on any atom is 0.338 e. The topological polar surface area (TPSA) is 116 Å². The number of anilines is 2. The van der Waals surface area contributed by atoms with Crippen molar-refractivity contribution >= 4 is 46.9 Å². The molecule has 0 atom stereocenters. The Labute approximate surface area is 217 Å². The van der Waals surface area contributed by atoms with Gasteiger partial charge in [0.1, 0.15) is 10.6 Å². The van der Waals surface area contributed by atoms with E-state index in [9.17, 15) is 24.3 Å². The molecule has 8 nitrogen and oxygen atoms in total. The van der Waals surface area contributed by atoms with Gasteiger partial charge in [-0.2, -0.15) is 0 Å². The Kier molecular flexibility index (Phi) is 7.74. The third kappa shape index (κ3) is 5.73. The molecule has 2 amide bonds. The number of imide groups is 1. The van der Waals surface area contributed by atoms with Crippen LogP contribution in [-0.4, -0.2) is 30.4 Å². The summed E-state index contributed by atoms with van der Waals surface area (Å²) in [6, 6.07) is 19.2. The van der Waals surface area contributed by atoms with E-state index in [1.165, 1.54) is 48.5 Å². The molecule has 0 saturated heterocycles. The molecule has 0 radical (unpaired) electrons. The number of aromatic carboxylic acids is 1. The first-order valence-electron chi connectivity index (χ1n) is 11.5. The molecule has 0 fully saturated rings. The van der Waals surface area contributed by atoms with Gasteiger partial charge < -0.3 is 20.0 Å². The molecule has 1 N–H and O–H groups in total. The van der Waals surface area contributed by atoms with E-state index >= 15 is 0 Å². The lowest BCUT2D eigenvalue weighted by Gasteiger charge is -2.16. The van der Waals surface area contributed by atoms with E-state index in [0.717, 1.165) is 27.1 Å². The van der Waals surface area contributed by atoms with Crippen LogP contribution in [0.25, 0.3) is 0 Å². The van der Waals surface area contributed by atoms with Gasteiger partial charge in [0.25, 0.3) is 11.8 Å². The van der Waals surface area contributed by atoms with Gasteiger partial charge in [0, 0.05) is 10.6 Å². The Bertz CT molecular complexity index is 1380. The number of rotatable bonds is 9. The van der Waals surface area contributed by atoms with E-state index in [1.54, 1.807) is 0 Å². The van der Waals surface area contributed by atoms with E-state index in [0.29, 0.717) is 30.0 Å². The quantitative estimate of drug-likeness (QED) is 0.337. The van der Waals surface area contributed by atoms with Gasteiger partial charge in [0.05, 0.1) is 23.8 Å². The van der Waals surface area contributed by atoms with Crippen molar-refractivity contribution in [1.82, 2.24) is 0 Å². The number of nitrogens with one attached hydrogen (secondary N) is 1. The SMILES string of the molecule is CCCOC(=O)c1ccc(N2C(=O)C(Nc3ccc(C(=O)[O-])cc3)=C(Sc3ccc(C)cc3)C2=O)cc1. The zero-order chi connectivity index (χ0) is 26.5. The number of nitrogens with zero attached hydrogens (tertiary/aromatic N) is 1. The van der Waals surface area contributed by atoms with Gasteiger partial charge >= 0.3 is 5.97 Å². The van der Waals surface area contributed by atoms with E-state index in [4.69, 9.17) is 4.74 Å². The average molecular weight is 516 g/mol. The number of amides is 2. The second-order valence-electron chi connectivity index (χ2n) is 8.24. The van der Waals surface area contributed by atoms with Crippen LogP contribution in [0.15, 0.2) is 88.3 Å². The van der Waals surface area contributed by atoms with Crippen molar-refractivity contribution in [2.45, 2.75) is 25.2 Å². The van der Waals surface area contributed by atoms with Gasteiger partial charge in [-0.1, -0.05) is 48.5 Å². The molecular formula is C28H23N2O6S-. The Morgan fingerprint density at radius 3 is 2.11 bits per heavy atom. The number of benzene rings is 3. The smallest absolute Gasteiger partial charge is 0.338 e. The standard InChI is InChI=1S/C28H24N2O6S/c1-3-16-36-28(35)19-8-12-21(13-9-19)30-25(31)23(29-20-10-6-18(7-11-20)27(33)34)24(26(30)32)37-22-14-4-17(2)5-15-22/h4-15,29H,3,16H2,1-2H3,(H,33,34)/p-1. The van der Waals surface area contributed by atoms with Crippen LogP contribution in [0.2, 0.25) is 0 Å². The lowest BCUT2D eigenvalue weighted by molar-refractivity contribution is -0.255. The number of hydrogen-bond donors (Lipinski definition) is 1. The van der Waals surface area contributed by atoms with Crippen molar-refractivity contribution in [3.63, 3.8) is 0 Å². The highest BCUT2D eigenvalue weighted by atomic mass is 32.2. The summed E-state index contributed by atoms with van der Waals surface area (Å²) >= 11 is 1.15. The maximum absolute atomic E-state index is 13.5. The maximum atomic E-state index is 13.5. The van der Waals surface area contributed by atoms with Gasteiger partial charge in [-0.25, -0.2) is 9.69 Å². The van der Waals surface area contributed by atoms with Crippen LogP contribution in [0.1, 0.15) is 39.6 Å². The Morgan fingerprint density at radius 1 is 0.892 bits per heavy atom. The number of carboxylic acids is 1. The molecule has 0 aromatic heterocycles. The van der Waals surface area contributed by atoms with Gasteiger partial charge in [0.15, 0.2) is 0 Å². The van der Waals surface area contributed by atoms with Crippen LogP contribution >= 0.6 is 11.8 Å². The lowest BCUT2D eigenvalue weighted by atomic mass is 10.2. The monoisotopic (exact) mass is 515 g/mol. The summed E-state index contributed by atoms with van der Waals surface area (Å²) in [5.41, 5.74) is 2.14. The van der Waals surface area contributed by atoms with E-state index in [-0.39, 0.29) is 16.2 Å². The lowest BCUT2D eigenvalue weighted by Crippen LogP contribution is -2.32. The van der Waals surface area contributed by atoms with Crippen molar-refractivity contribution in [3.8, 4) is 0 Å². The Morgan fingerprint density at radius 2 is 1.51 bits per heavy atom. The van der Waals surface area contributed by atoms with E-state index < -0.39 is 23.8 Å². The van der Waals surface area contributed by atoms with Crippen molar-refractivity contribution in [3.05, 3.63) is 100 Å². The minimum atomic E-state index is -1.32. The summed E-state index contributed by atoms with van der Waals surface area (Å²) in [6.07, 6.45) is 0.694. The number of hydrogen-bond acceptors (Lipinski definition) is 8. The van der Waals surface area contributed by atoms with Crippen LogP contribution in [0, 0.1) is 6.92 Å². The van der Waals surface area contributed by atoms with Gasteiger partial charge in [-0.05, 0) is 67.4 Å². The molecule has 0 spiro atoms. The minimum Gasteiger partial charge on any atom is -0.545 e. The first kappa shape index (κ1) is 25.7. The van der Waals surface area contributed by atoms with Crippen molar-refractivity contribution < 1.29 is 29.0 Å². The third-order valence-electron chi connectivity index (χ3n) is 5.47. The molecule has 0 bridgehead atoms. The molecule has 1 heterocycles. The molecule has 3 aromatic rings. The molecule has 1 aliphatic rings. The molecule has 0 unspecified atom stereocenters. The highest BCUT2D eigenvalue weighted by Crippen LogP contribution is 2.38. The number of carboxylic acid groups (broad SMARTS) is 1. The van der Waals surface area contributed by atoms with Crippen molar-refractivity contribution in [2.75, 3.05) is 16.8 Å². The summed E-state index contributed by atoms with van der Waals surface area (Å²) in [6.45, 7) is 4.14. The average Bonchev–Trinajstić information content (AvgIpc) is 3.12. The normalized spacial score (nSPS) is 13.2.